The normalized spacial score (nSPS) is 12.8. The van der Waals surface area contributed by atoms with Crippen LogP contribution < -0.4 is 11.1 Å². The Balaban J connectivity index is 2.52. The minimum Gasteiger partial charge on any atom is -0.398 e. The molecular weight excluding hydrogens is 246 g/mol. The Hall–Kier alpha value is -0.930. The number of aryl methyl sites for hydroxylation is 1. The van der Waals surface area contributed by atoms with E-state index in [0.29, 0.717) is 16.8 Å². The van der Waals surface area contributed by atoms with Gasteiger partial charge < -0.3 is 16.0 Å². The summed E-state index contributed by atoms with van der Waals surface area (Å²) in [7, 11) is 2.15. The van der Waals surface area contributed by atoms with Crippen LogP contribution >= 0.6 is 11.6 Å². The van der Waals surface area contributed by atoms with Crippen LogP contribution in [0.15, 0.2) is 12.1 Å². The first kappa shape index (κ1) is 15.1. The van der Waals surface area contributed by atoms with Crippen molar-refractivity contribution in [2.75, 3.05) is 31.2 Å². The van der Waals surface area contributed by atoms with Crippen molar-refractivity contribution in [3.8, 4) is 0 Å². The third-order valence-electron chi connectivity index (χ3n) is 3.47. The number of halogens is 1. The largest absolute Gasteiger partial charge is 0.398 e. The Bertz CT molecular complexity index is 393. The van der Waals surface area contributed by atoms with Crippen molar-refractivity contribution >= 4 is 23.0 Å². The zero-order chi connectivity index (χ0) is 13.7. The number of anilines is 2. The van der Waals surface area contributed by atoms with E-state index in [1.54, 1.807) is 0 Å². The van der Waals surface area contributed by atoms with Crippen LogP contribution in [0.5, 0.6) is 0 Å². The fraction of sp³-hybridized carbons (Fsp3) is 0.571. The van der Waals surface area contributed by atoms with Crippen LogP contribution in [0.3, 0.4) is 0 Å². The highest BCUT2D eigenvalue weighted by Crippen LogP contribution is 2.26. The monoisotopic (exact) mass is 269 g/mol. The molecule has 0 radical (unpaired) electrons. The summed E-state index contributed by atoms with van der Waals surface area (Å²) in [5.74, 6) is 0. The van der Waals surface area contributed by atoms with Gasteiger partial charge in [0.1, 0.15) is 0 Å². The first-order valence-corrected chi connectivity index (χ1v) is 6.83. The zero-order valence-corrected chi connectivity index (χ0v) is 12.5. The van der Waals surface area contributed by atoms with Crippen molar-refractivity contribution in [2.24, 2.45) is 0 Å². The molecule has 3 nitrogen and oxygen atoms in total. The molecule has 1 aromatic carbocycles. The fourth-order valence-electron chi connectivity index (χ4n) is 1.79. The molecule has 0 saturated heterocycles. The van der Waals surface area contributed by atoms with E-state index in [9.17, 15) is 0 Å². The summed E-state index contributed by atoms with van der Waals surface area (Å²) in [5.41, 5.74) is 8.58. The summed E-state index contributed by atoms with van der Waals surface area (Å²) in [4.78, 5) is 2.35. The molecule has 0 aliphatic heterocycles. The van der Waals surface area contributed by atoms with Gasteiger partial charge in [0.15, 0.2) is 0 Å². The molecule has 4 heteroatoms. The standard InChI is InChI=1S/C14H24ClN3/c1-5-11(3)18(4)7-6-17-14-9-12(15)13(16)8-10(14)2/h8-9,11,17H,5-7,16H2,1-4H3. The molecule has 0 heterocycles. The van der Waals surface area contributed by atoms with Gasteiger partial charge in [0.05, 0.1) is 10.7 Å². The lowest BCUT2D eigenvalue weighted by molar-refractivity contribution is 0.261. The number of nitrogens with zero attached hydrogens (tertiary/aromatic N) is 1. The number of hydrogen-bond donors (Lipinski definition) is 2. The van der Waals surface area contributed by atoms with Crippen molar-refractivity contribution in [3.63, 3.8) is 0 Å². The molecule has 0 spiro atoms. The van der Waals surface area contributed by atoms with Gasteiger partial charge in [-0.1, -0.05) is 18.5 Å². The van der Waals surface area contributed by atoms with Crippen LogP contribution in [0.4, 0.5) is 11.4 Å². The third-order valence-corrected chi connectivity index (χ3v) is 3.79. The second-order valence-corrected chi connectivity index (χ2v) is 5.26. The maximum atomic E-state index is 6.02. The Morgan fingerprint density at radius 3 is 2.72 bits per heavy atom. The quantitative estimate of drug-likeness (QED) is 0.778. The SMILES string of the molecule is CCC(C)N(C)CCNc1cc(Cl)c(N)cc1C. The van der Waals surface area contributed by atoms with Crippen LogP contribution in [0, 0.1) is 6.92 Å². The van der Waals surface area contributed by atoms with Gasteiger partial charge in [-0.3, -0.25) is 0 Å². The highest BCUT2D eigenvalue weighted by molar-refractivity contribution is 6.33. The first-order valence-electron chi connectivity index (χ1n) is 6.45. The molecule has 1 rings (SSSR count). The summed E-state index contributed by atoms with van der Waals surface area (Å²) < 4.78 is 0. The Kier molecular flexibility index (Phi) is 5.76. The fourth-order valence-corrected chi connectivity index (χ4v) is 1.96. The predicted octanol–water partition coefficient (Wildman–Crippen LogP) is 3.37. The molecule has 0 bridgehead atoms. The van der Waals surface area contributed by atoms with Gasteiger partial charge in [0, 0.05) is 24.8 Å². The van der Waals surface area contributed by atoms with E-state index in [-0.39, 0.29) is 0 Å². The molecule has 0 saturated carbocycles. The number of nitrogens with one attached hydrogen (secondary N) is 1. The van der Waals surface area contributed by atoms with E-state index in [2.05, 4.69) is 31.1 Å². The van der Waals surface area contributed by atoms with E-state index in [1.807, 2.05) is 19.1 Å². The molecule has 0 aromatic heterocycles. The maximum Gasteiger partial charge on any atom is 0.0656 e. The lowest BCUT2D eigenvalue weighted by Gasteiger charge is -2.24. The summed E-state index contributed by atoms with van der Waals surface area (Å²) in [6.07, 6.45) is 1.17. The maximum absolute atomic E-state index is 6.02. The summed E-state index contributed by atoms with van der Waals surface area (Å²) in [6, 6.07) is 4.42. The van der Waals surface area contributed by atoms with Crippen LogP contribution in [0.25, 0.3) is 0 Å². The van der Waals surface area contributed by atoms with Gasteiger partial charge in [-0.25, -0.2) is 0 Å². The molecule has 0 aliphatic carbocycles. The number of nitrogen functional groups attached to an aromatic ring is 1. The molecule has 1 unspecified atom stereocenters. The van der Waals surface area contributed by atoms with E-state index in [1.165, 1.54) is 6.42 Å². The molecular formula is C14H24ClN3. The van der Waals surface area contributed by atoms with Crippen molar-refractivity contribution in [1.82, 2.24) is 4.90 Å². The molecule has 1 aromatic rings. The van der Waals surface area contributed by atoms with Crippen molar-refractivity contribution in [2.45, 2.75) is 33.2 Å². The number of hydrogen-bond acceptors (Lipinski definition) is 3. The third kappa shape index (κ3) is 4.07. The smallest absolute Gasteiger partial charge is 0.0656 e. The van der Waals surface area contributed by atoms with E-state index in [4.69, 9.17) is 17.3 Å². The topological polar surface area (TPSA) is 41.3 Å². The molecule has 1 atom stereocenters. The first-order chi connectivity index (χ1) is 8.45. The van der Waals surface area contributed by atoms with E-state index < -0.39 is 0 Å². The van der Waals surface area contributed by atoms with Crippen LogP contribution in [0.2, 0.25) is 5.02 Å². The van der Waals surface area contributed by atoms with Crippen LogP contribution in [-0.2, 0) is 0 Å². The van der Waals surface area contributed by atoms with Crippen LogP contribution in [0.1, 0.15) is 25.8 Å². The lowest BCUT2D eigenvalue weighted by atomic mass is 10.2. The minimum atomic E-state index is 0.610. The molecule has 0 fully saturated rings. The average molecular weight is 270 g/mol. The van der Waals surface area contributed by atoms with Gasteiger partial charge in [-0.2, -0.15) is 0 Å². The highest BCUT2D eigenvalue weighted by Gasteiger charge is 2.07. The lowest BCUT2D eigenvalue weighted by Crippen LogP contribution is -2.32. The van der Waals surface area contributed by atoms with Crippen molar-refractivity contribution < 1.29 is 0 Å². The number of likely N-dealkylation sites (N-methyl/N-ethyl adjacent to an activating group) is 1. The minimum absolute atomic E-state index is 0.610. The zero-order valence-electron chi connectivity index (χ0n) is 11.8. The summed E-state index contributed by atoms with van der Waals surface area (Å²) in [5, 5.41) is 4.02. The molecule has 3 N–H and O–H groups in total. The molecule has 0 aliphatic rings. The second-order valence-electron chi connectivity index (χ2n) is 4.85. The van der Waals surface area contributed by atoms with Crippen LogP contribution in [-0.4, -0.2) is 31.1 Å². The molecule has 0 amide bonds. The highest BCUT2D eigenvalue weighted by atomic mass is 35.5. The average Bonchev–Trinajstić information content (AvgIpc) is 2.34. The molecule has 18 heavy (non-hydrogen) atoms. The summed E-state index contributed by atoms with van der Waals surface area (Å²) in [6.45, 7) is 8.40. The Morgan fingerprint density at radius 2 is 2.11 bits per heavy atom. The van der Waals surface area contributed by atoms with Gasteiger partial charge >= 0.3 is 0 Å². The van der Waals surface area contributed by atoms with Crippen molar-refractivity contribution in [3.05, 3.63) is 22.7 Å². The van der Waals surface area contributed by atoms with Gasteiger partial charge in [-0.05, 0) is 45.0 Å². The Morgan fingerprint density at radius 1 is 1.44 bits per heavy atom. The van der Waals surface area contributed by atoms with E-state index >= 15 is 0 Å². The van der Waals surface area contributed by atoms with Crippen molar-refractivity contribution in [1.29, 1.82) is 0 Å². The predicted molar refractivity (Wildman–Crippen MR) is 81.5 cm³/mol. The number of nitrogens with two attached hydrogens (primary N) is 1. The van der Waals surface area contributed by atoms with E-state index in [0.717, 1.165) is 24.3 Å². The van der Waals surface area contributed by atoms with Gasteiger partial charge in [0.2, 0.25) is 0 Å². The second kappa shape index (κ2) is 6.86. The summed E-state index contributed by atoms with van der Waals surface area (Å²) >= 11 is 6.02. The molecule has 102 valence electrons. The Labute approximate surface area is 115 Å². The number of benzene rings is 1. The number of rotatable bonds is 6. The van der Waals surface area contributed by atoms with Gasteiger partial charge in [0.25, 0.3) is 0 Å². The van der Waals surface area contributed by atoms with Gasteiger partial charge in [-0.15, -0.1) is 0 Å².